The molecule has 0 radical (unpaired) electrons. The van der Waals surface area contributed by atoms with Crippen LogP contribution in [0.25, 0.3) is 5.03 Å². The van der Waals surface area contributed by atoms with Crippen LogP contribution in [0.1, 0.15) is 18.7 Å². The predicted octanol–water partition coefficient (Wildman–Crippen LogP) is 3.77. The van der Waals surface area contributed by atoms with Crippen molar-refractivity contribution in [2.75, 3.05) is 7.11 Å². The third-order valence-corrected chi connectivity index (χ3v) is 4.79. The minimum Gasteiger partial charge on any atom is -0.469 e. The topological polar surface area (TPSA) is 26.3 Å². The molecule has 0 bridgehead atoms. The van der Waals surface area contributed by atoms with E-state index >= 15 is 0 Å². The minimum atomic E-state index is -0.146. The fourth-order valence-electron chi connectivity index (χ4n) is 2.22. The molecule has 1 heterocycles. The summed E-state index contributed by atoms with van der Waals surface area (Å²) in [6.07, 6.45) is 1.98. The number of methoxy groups -OCH3 is 1. The van der Waals surface area contributed by atoms with Gasteiger partial charge in [0, 0.05) is 4.88 Å². The first-order valence-corrected chi connectivity index (χ1v) is 6.73. The Morgan fingerprint density at radius 2 is 2.29 bits per heavy atom. The van der Waals surface area contributed by atoms with E-state index in [1.54, 1.807) is 11.3 Å². The molecule has 0 aromatic carbocycles. The van der Waals surface area contributed by atoms with Crippen LogP contribution in [0.2, 0.25) is 0 Å². The fourth-order valence-corrected chi connectivity index (χ4v) is 3.19. The van der Waals surface area contributed by atoms with Crippen LogP contribution in [-0.2, 0) is 9.53 Å². The molecule has 1 fully saturated rings. The molecule has 1 aliphatic rings. The van der Waals surface area contributed by atoms with Gasteiger partial charge in [-0.25, -0.2) is 0 Å². The minimum absolute atomic E-state index is 0.0511. The van der Waals surface area contributed by atoms with E-state index in [2.05, 4.69) is 13.8 Å². The molecule has 1 aromatic rings. The second kappa shape index (κ2) is 4.46. The Bertz CT molecular complexity index is 448. The van der Waals surface area contributed by atoms with E-state index in [0.29, 0.717) is 0 Å². The molecule has 0 aliphatic heterocycles. The van der Waals surface area contributed by atoms with Crippen LogP contribution in [0.5, 0.6) is 0 Å². The molecule has 2 rings (SSSR count). The summed E-state index contributed by atoms with van der Waals surface area (Å²) >= 11 is 7.84. The predicted molar refractivity (Wildman–Crippen MR) is 70.9 cm³/mol. The van der Waals surface area contributed by atoms with E-state index < -0.39 is 0 Å². The van der Waals surface area contributed by atoms with E-state index in [1.165, 1.54) is 7.11 Å². The number of esters is 1. The number of thiophene rings is 1. The number of hydrogen-bond donors (Lipinski definition) is 0. The smallest absolute Gasteiger partial charge is 0.309 e. The standard InChI is InChI=1S/C13H15ClO2S/c1-13(2)8(11(13)12(15)16-3)7-9(14)10-5-4-6-17-10/h4-8,11H,1-3H3/b9-7-/t8-,11-/m0/s1. The van der Waals surface area contributed by atoms with Gasteiger partial charge in [-0.05, 0) is 22.8 Å². The third kappa shape index (κ3) is 2.26. The quantitative estimate of drug-likeness (QED) is 0.782. The summed E-state index contributed by atoms with van der Waals surface area (Å²) in [5, 5.41) is 2.71. The van der Waals surface area contributed by atoms with Gasteiger partial charge in [0.25, 0.3) is 0 Å². The van der Waals surface area contributed by atoms with E-state index in [1.807, 2.05) is 23.6 Å². The van der Waals surface area contributed by atoms with Gasteiger partial charge in [0.15, 0.2) is 0 Å². The first-order chi connectivity index (χ1) is 7.98. The summed E-state index contributed by atoms with van der Waals surface area (Å²) in [6.45, 7) is 4.13. The maximum Gasteiger partial charge on any atom is 0.309 e. The third-order valence-electron chi connectivity index (χ3n) is 3.45. The van der Waals surface area contributed by atoms with Crippen LogP contribution in [0.3, 0.4) is 0 Å². The van der Waals surface area contributed by atoms with E-state index in [0.717, 1.165) is 9.91 Å². The summed E-state index contributed by atoms with van der Waals surface area (Å²) in [5.74, 6) is -0.0438. The van der Waals surface area contributed by atoms with Crippen molar-refractivity contribution in [1.29, 1.82) is 0 Å². The number of ether oxygens (including phenoxy) is 1. The average Bonchev–Trinajstić information content (AvgIpc) is 2.75. The molecule has 4 heteroatoms. The molecule has 0 spiro atoms. The Balaban J connectivity index is 2.16. The van der Waals surface area contributed by atoms with Crippen LogP contribution in [0.15, 0.2) is 23.6 Å². The lowest BCUT2D eigenvalue weighted by Gasteiger charge is -1.99. The molecule has 17 heavy (non-hydrogen) atoms. The van der Waals surface area contributed by atoms with Crippen molar-refractivity contribution >= 4 is 33.9 Å². The summed E-state index contributed by atoms with van der Waals surface area (Å²) < 4.78 is 4.80. The molecule has 0 amide bonds. The second-order valence-corrected chi connectivity index (χ2v) is 6.19. The summed E-state index contributed by atoms with van der Waals surface area (Å²) in [6, 6.07) is 3.94. The lowest BCUT2D eigenvalue weighted by atomic mass is 10.1. The van der Waals surface area contributed by atoms with Gasteiger partial charge in [-0.2, -0.15) is 0 Å². The van der Waals surface area contributed by atoms with Crippen LogP contribution in [0.4, 0.5) is 0 Å². The van der Waals surface area contributed by atoms with Gasteiger partial charge in [0.05, 0.1) is 18.1 Å². The van der Waals surface area contributed by atoms with Crippen molar-refractivity contribution in [3.63, 3.8) is 0 Å². The molecule has 1 aromatic heterocycles. The molecular formula is C13H15ClO2S. The molecule has 1 aliphatic carbocycles. The first-order valence-electron chi connectivity index (χ1n) is 5.47. The Morgan fingerprint density at radius 1 is 1.59 bits per heavy atom. The van der Waals surface area contributed by atoms with Crippen LogP contribution < -0.4 is 0 Å². The van der Waals surface area contributed by atoms with Gasteiger partial charge >= 0.3 is 5.97 Å². The van der Waals surface area contributed by atoms with Crippen molar-refractivity contribution in [2.45, 2.75) is 13.8 Å². The summed E-state index contributed by atoms with van der Waals surface area (Å²) in [7, 11) is 1.43. The monoisotopic (exact) mass is 270 g/mol. The van der Waals surface area contributed by atoms with Crippen molar-refractivity contribution in [1.82, 2.24) is 0 Å². The highest BCUT2D eigenvalue weighted by molar-refractivity contribution is 7.12. The SMILES string of the molecule is COC(=O)[C@@H]1[C@H](/C=C(\Cl)c2cccs2)C1(C)C. The number of halogens is 1. The van der Waals surface area contributed by atoms with Crippen molar-refractivity contribution in [3.8, 4) is 0 Å². The molecule has 1 saturated carbocycles. The van der Waals surface area contributed by atoms with E-state index in [-0.39, 0.29) is 23.2 Å². The second-order valence-electron chi connectivity index (χ2n) is 4.84. The summed E-state index contributed by atoms with van der Waals surface area (Å²) in [5.41, 5.74) is -0.0511. The van der Waals surface area contributed by atoms with Gasteiger partial charge in [0.1, 0.15) is 0 Å². The number of rotatable bonds is 3. The Labute approximate surface area is 110 Å². The Morgan fingerprint density at radius 3 is 2.82 bits per heavy atom. The molecule has 0 unspecified atom stereocenters. The molecule has 2 nitrogen and oxygen atoms in total. The molecule has 92 valence electrons. The van der Waals surface area contributed by atoms with Crippen molar-refractivity contribution < 1.29 is 9.53 Å². The van der Waals surface area contributed by atoms with Crippen molar-refractivity contribution in [2.24, 2.45) is 17.3 Å². The van der Waals surface area contributed by atoms with Gasteiger partial charge in [-0.15, -0.1) is 11.3 Å². The first kappa shape index (κ1) is 12.7. The molecule has 0 saturated heterocycles. The zero-order valence-electron chi connectivity index (χ0n) is 10.1. The van der Waals surface area contributed by atoms with Crippen molar-refractivity contribution in [3.05, 3.63) is 28.5 Å². The van der Waals surface area contributed by atoms with Gasteiger partial charge < -0.3 is 4.74 Å². The summed E-state index contributed by atoms with van der Waals surface area (Å²) in [4.78, 5) is 12.6. The van der Waals surface area contributed by atoms with E-state index in [4.69, 9.17) is 16.3 Å². The number of hydrogen-bond acceptors (Lipinski definition) is 3. The van der Waals surface area contributed by atoms with Gasteiger partial charge in [0.2, 0.25) is 0 Å². The van der Waals surface area contributed by atoms with Crippen LogP contribution >= 0.6 is 22.9 Å². The Hall–Kier alpha value is -0.800. The fraction of sp³-hybridized carbons (Fsp3) is 0.462. The van der Waals surface area contributed by atoms with Gasteiger partial charge in [-0.3, -0.25) is 4.79 Å². The number of allylic oxidation sites excluding steroid dienone is 1. The molecule has 0 N–H and O–H groups in total. The zero-order valence-corrected chi connectivity index (χ0v) is 11.6. The maximum absolute atomic E-state index is 11.6. The molecular weight excluding hydrogens is 256 g/mol. The largest absolute Gasteiger partial charge is 0.469 e. The molecule has 2 atom stereocenters. The zero-order chi connectivity index (χ0) is 12.6. The highest BCUT2D eigenvalue weighted by Crippen LogP contribution is 2.60. The lowest BCUT2D eigenvalue weighted by molar-refractivity contribution is -0.143. The van der Waals surface area contributed by atoms with Crippen LogP contribution in [0, 0.1) is 17.3 Å². The van der Waals surface area contributed by atoms with E-state index in [9.17, 15) is 4.79 Å². The van der Waals surface area contributed by atoms with Crippen LogP contribution in [-0.4, -0.2) is 13.1 Å². The highest BCUT2D eigenvalue weighted by atomic mass is 35.5. The number of carbonyl (C=O) groups is 1. The Kier molecular flexibility index (Phi) is 3.32. The normalized spacial score (nSPS) is 26.7. The van der Waals surface area contributed by atoms with Gasteiger partial charge in [-0.1, -0.05) is 37.6 Å². The highest BCUT2D eigenvalue weighted by Gasteiger charge is 2.61. The lowest BCUT2D eigenvalue weighted by Crippen LogP contribution is -2.07. The maximum atomic E-state index is 11.6. The average molecular weight is 271 g/mol. The number of carbonyl (C=O) groups excluding carboxylic acids is 1.